The molecule has 0 aliphatic heterocycles. The molecule has 0 spiro atoms. The van der Waals surface area contributed by atoms with Gasteiger partial charge in [0.25, 0.3) is 11.8 Å². The van der Waals surface area contributed by atoms with Gasteiger partial charge in [0.05, 0.1) is 20.7 Å². The molecular weight excluding hydrogens is 470 g/mol. The van der Waals surface area contributed by atoms with Crippen LogP contribution in [0.15, 0.2) is 45.1 Å². The molecule has 11 heteroatoms. The summed E-state index contributed by atoms with van der Waals surface area (Å²) in [7, 11) is -2.47. The standard InChI is InChI=1S/C17H20BrN3O5S2/c1-10(2)15(17(23)20-19-16(22)13-8-9-14(18)27-13)21-28(24,25)12-6-4-11(26-3)5-7-12/h4-10,15,21H,1-3H3,(H,19,22)(H,20,23)/t15-/m0/s1. The summed E-state index contributed by atoms with van der Waals surface area (Å²) in [5.41, 5.74) is 4.56. The lowest BCUT2D eigenvalue weighted by Crippen LogP contribution is -2.54. The van der Waals surface area contributed by atoms with Crippen molar-refractivity contribution in [2.24, 2.45) is 5.92 Å². The molecule has 0 saturated heterocycles. The van der Waals surface area contributed by atoms with E-state index in [2.05, 4.69) is 31.5 Å². The summed E-state index contributed by atoms with van der Waals surface area (Å²) in [6.45, 7) is 3.39. The first kappa shape index (κ1) is 22.3. The number of hydrazine groups is 1. The van der Waals surface area contributed by atoms with Gasteiger partial charge in [-0.1, -0.05) is 13.8 Å². The molecule has 0 fully saturated rings. The monoisotopic (exact) mass is 489 g/mol. The van der Waals surface area contributed by atoms with Gasteiger partial charge in [0, 0.05) is 0 Å². The summed E-state index contributed by atoms with van der Waals surface area (Å²) in [6.07, 6.45) is 0. The Morgan fingerprint density at radius 2 is 1.71 bits per heavy atom. The summed E-state index contributed by atoms with van der Waals surface area (Å²) in [4.78, 5) is 24.9. The molecule has 0 unspecified atom stereocenters. The zero-order valence-corrected chi connectivity index (χ0v) is 18.6. The number of thiophene rings is 1. The number of rotatable bonds is 7. The van der Waals surface area contributed by atoms with Crippen molar-refractivity contribution in [1.82, 2.24) is 15.6 Å². The zero-order valence-electron chi connectivity index (χ0n) is 15.4. The van der Waals surface area contributed by atoms with Crippen LogP contribution in [0, 0.1) is 5.92 Å². The van der Waals surface area contributed by atoms with Gasteiger partial charge in [-0.2, -0.15) is 4.72 Å². The molecule has 2 rings (SSSR count). The van der Waals surface area contributed by atoms with Crippen molar-refractivity contribution in [2.45, 2.75) is 24.8 Å². The maximum atomic E-state index is 12.6. The fourth-order valence-corrected chi connectivity index (χ4v) is 4.80. The number of benzene rings is 1. The highest BCUT2D eigenvalue weighted by molar-refractivity contribution is 9.11. The molecule has 3 N–H and O–H groups in total. The highest BCUT2D eigenvalue weighted by Crippen LogP contribution is 2.21. The minimum Gasteiger partial charge on any atom is -0.497 e. The number of carbonyl (C=O) groups excluding carboxylic acids is 2. The Bertz CT molecular complexity index is 942. The molecule has 1 heterocycles. The number of amides is 2. The number of hydrogen-bond acceptors (Lipinski definition) is 6. The van der Waals surface area contributed by atoms with E-state index in [-0.39, 0.29) is 10.8 Å². The van der Waals surface area contributed by atoms with Gasteiger partial charge in [-0.15, -0.1) is 11.3 Å². The van der Waals surface area contributed by atoms with Gasteiger partial charge in [0.2, 0.25) is 10.0 Å². The largest absolute Gasteiger partial charge is 0.497 e. The Morgan fingerprint density at radius 3 is 2.21 bits per heavy atom. The normalized spacial score (nSPS) is 12.5. The quantitative estimate of drug-likeness (QED) is 0.516. The van der Waals surface area contributed by atoms with Crippen molar-refractivity contribution in [1.29, 1.82) is 0 Å². The third kappa shape index (κ3) is 5.77. The summed E-state index contributed by atoms with van der Waals surface area (Å²) in [6, 6.07) is 8.02. The lowest BCUT2D eigenvalue weighted by Gasteiger charge is -2.21. The average Bonchev–Trinajstić information content (AvgIpc) is 3.10. The highest BCUT2D eigenvalue weighted by atomic mass is 79.9. The Labute approximate surface area is 175 Å². The van der Waals surface area contributed by atoms with Crippen LogP contribution in [0.5, 0.6) is 5.75 Å². The molecule has 1 aromatic carbocycles. The van der Waals surface area contributed by atoms with E-state index in [1.54, 1.807) is 26.0 Å². The smallest absolute Gasteiger partial charge is 0.279 e. The van der Waals surface area contributed by atoms with Crippen LogP contribution >= 0.6 is 27.3 Å². The van der Waals surface area contributed by atoms with Crippen LogP contribution in [0.25, 0.3) is 0 Å². The van der Waals surface area contributed by atoms with E-state index in [0.29, 0.717) is 10.6 Å². The van der Waals surface area contributed by atoms with E-state index in [4.69, 9.17) is 4.74 Å². The van der Waals surface area contributed by atoms with Gasteiger partial charge >= 0.3 is 0 Å². The molecule has 28 heavy (non-hydrogen) atoms. The zero-order chi connectivity index (χ0) is 20.9. The predicted octanol–water partition coefficient (Wildman–Crippen LogP) is 2.28. The summed E-state index contributed by atoms with van der Waals surface area (Å²) < 4.78 is 33.3. The first-order valence-electron chi connectivity index (χ1n) is 8.16. The third-order valence-corrected chi connectivity index (χ3v) is 6.78. The number of nitrogens with one attached hydrogen (secondary N) is 3. The summed E-state index contributed by atoms with van der Waals surface area (Å²) in [5.74, 6) is -1.01. The summed E-state index contributed by atoms with van der Waals surface area (Å²) in [5, 5.41) is 0. The molecular formula is C17H20BrN3O5S2. The van der Waals surface area contributed by atoms with E-state index in [9.17, 15) is 18.0 Å². The van der Waals surface area contributed by atoms with Gasteiger partial charge < -0.3 is 4.74 Å². The van der Waals surface area contributed by atoms with Crippen LogP contribution in [0.1, 0.15) is 23.5 Å². The second-order valence-corrected chi connectivity index (χ2v) is 10.2. The van der Waals surface area contributed by atoms with Crippen LogP contribution < -0.4 is 20.3 Å². The van der Waals surface area contributed by atoms with Gasteiger partial charge in [-0.3, -0.25) is 20.4 Å². The molecule has 2 amide bonds. The Balaban J connectivity index is 2.06. The molecule has 8 nitrogen and oxygen atoms in total. The Hall–Kier alpha value is -1.95. The van der Waals surface area contributed by atoms with E-state index < -0.39 is 27.9 Å². The van der Waals surface area contributed by atoms with Crippen molar-refractivity contribution in [3.8, 4) is 5.75 Å². The summed E-state index contributed by atoms with van der Waals surface area (Å²) >= 11 is 4.46. The first-order chi connectivity index (χ1) is 13.1. The van der Waals surface area contributed by atoms with E-state index >= 15 is 0 Å². The van der Waals surface area contributed by atoms with Crippen LogP contribution in [-0.4, -0.2) is 33.4 Å². The minimum atomic E-state index is -3.95. The molecule has 1 aromatic heterocycles. The molecule has 0 aliphatic rings. The van der Waals surface area contributed by atoms with E-state index in [1.165, 1.54) is 42.7 Å². The highest BCUT2D eigenvalue weighted by Gasteiger charge is 2.28. The second-order valence-electron chi connectivity index (χ2n) is 6.07. The van der Waals surface area contributed by atoms with E-state index in [1.807, 2.05) is 0 Å². The fraction of sp³-hybridized carbons (Fsp3) is 0.294. The third-order valence-electron chi connectivity index (χ3n) is 3.70. The Morgan fingerprint density at radius 1 is 1.07 bits per heavy atom. The van der Waals surface area contributed by atoms with Crippen molar-refractivity contribution in [3.63, 3.8) is 0 Å². The Kier molecular flexibility index (Phi) is 7.58. The first-order valence-corrected chi connectivity index (χ1v) is 11.2. The average molecular weight is 490 g/mol. The molecule has 0 aliphatic carbocycles. The van der Waals surface area contributed by atoms with Crippen LogP contribution in [0.3, 0.4) is 0 Å². The van der Waals surface area contributed by atoms with Crippen molar-refractivity contribution >= 4 is 49.1 Å². The lowest BCUT2D eigenvalue weighted by molar-refractivity contribution is -0.124. The molecule has 152 valence electrons. The van der Waals surface area contributed by atoms with Gasteiger partial charge in [-0.05, 0) is 58.2 Å². The molecule has 0 bridgehead atoms. The SMILES string of the molecule is COc1ccc(S(=O)(=O)N[C@H](C(=O)NNC(=O)c2ccc(Br)s2)C(C)C)cc1. The van der Waals surface area contributed by atoms with Crippen LogP contribution in [-0.2, 0) is 14.8 Å². The fourth-order valence-electron chi connectivity index (χ4n) is 2.18. The van der Waals surface area contributed by atoms with Crippen molar-refractivity contribution in [2.75, 3.05) is 7.11 Å². The number of sulfonamides is 1. The van der Waals surface area contributed by atoms with Crippen molar-refractivity contribution in [3.05, 3.63) is 45.1 Å². The lowest BCUT2D eigenvalue weighted by atomic mass is 10.1. The number of methoxy groups -OCH3 is 1. The second kappa shape index (κ2) is 9.50. The maximum absolute atomic E-state index is 12.6. The van der Waals surface area contributed by atoms with Crippen LogP contribution in [0.2, 0.25) is 0 Å². The van der Waals surface area contributed by atoms with Crippen molar-refractivity contribution < 1.29 is 22.7 Å². The van der Waals surface area contributed by atoms with E-state index in [0.717, 1.165) is 3.79 Å². The minimum absolute atomic E-state index is 0.000721. The van der Waals surface area contributed by atoms with Gasteiger partial charge in [0.15, 0.2) is 0 Å². The van der Waals surface area contributed by atoms with Crippen LogP contribution in [0.4, 0.5) is 0 Å². The number of hydrogen-bond donors (Lipinski definition) is 3. The van der Waals surface area contributed by atoms with Gasteiger partial charge in [-0.25, -0.2) is 8.42 Å². The number of halogens is 1. The molecule has 0 saturated carbocycles. The number of carbonyl (C=O) groups is 2. The molecule has 0 radical (unpaired) electrons. The van der Waals surface area contributed by atoms with Gasteiger partial charge in [0.1, 0.15) is 11.8 Å². The molecule has 2 aromatic rings. The number of ether oxygens (including phenoxy) is 1. The topological polar surface area (TPSA) is 114 Å². The maximum Gasteiger partial charge on any atom is 0.279 e. The predicted molar refractivity (Wildman–Crippen MR) is 110 cm³/mol. The molecule has 1 atom stereocenters.